The van der Waals surface area contributed by atoms with Crippen molar-refractivity contribution < 1.29 is 4.79 Å². The van der Waals surface area contributed by atoms with Crippen LogP contribution in [-0.2, 0) is 4.79 Å². The van der Waals surface area contributed by atoms with E-state index in [0.29, 0.717) is 0 Å². The van der Waals surface area contributed by atoms with Gasteiger partial charge >= 0.3 is 6.41 Å². The summed E-state index contributed by atoms with van der Waals surface area (Å²) in [4.78, 5) is 12.3. The van der Waals surface area contributed by atoms with Crippen LogP contribution in [0.1, 0.15) is 26.2 Å². The zero-order valence-corrected chi connectivity index (χ0v) is 8.57. The molecule has 0 aliphatic carbocycles. The molecule has 0 saturated carbocycles. The van der Waals surface area contributed by atoms with Crippen LogP contribution in [0.25, 0.3) is 0 Å². The number of hydrogen-bond donors (Lipinski definition) is 0. The predicted molar refractivity (Wildman–Crippen MR) is 59.0 cm³/mol. The highest BCUT2D eigenvalue weighted by Crippen LogP contribution is 2.12. The Morgan fingerprint density at radius 1 is 1.21 bits per heavy atom. The lowest BCUT2D eigenvalue weighted by Gasteiger charge is -2.15. The van der Waals surface area contributed by atoms with E-state index in [0.717, 1.165) is 25.1 Å². The average Bonchev–Trinajstić information content (AvgIpc) is 2.26. The molecule has 2 nitrogen and oxygen atoms in total. The number of nitrogens with zero attached hydrogens (tertiary/aromatic N) is 1. The Bertz CT molecular complexity index is 258. The second kappa shape index (κ2) is 6.19. The third-order valence-electron chi connectivity index (χ3n) is 2.16. The van der Waals surface area contributed by atoms with E-state index in [1.165, 1.54) is 6.42 Å². The topological polar surface area (TPSA) is 20.3 Å². The van der Waals surface area contributed by atoms with Crippen molar-refractivity contribution in [2.24, 2.45) is 0 Å². The van der Waals surface area contributed by atoms with Crippen LogP contribution in [0.4, 0.5) is 5.69 Å². The van der Waals surface area contributed by atoms with Crippen LogP contribution in [-0.4, -0.2) is 13.0 Å². The summed E-state index contributed by atoms with van der Waals surface area (Å²) in [5.41, 5.74) is 0.929. The normalized spacial score (nSPS) is 9.79. The minimum atomic E-state index is 0.765. The Labute approximate surface area is 85.5 Å². The second-order valence-corrected chi connectivity index (χ2v) is 3.29. The van der Waals surface area contributed by atoms with E-state index in [-0.39, 0.29) is 0 Å². The molecule has 0 fully saturated rings. The van der Waals surface area contributed by atoms with Gasteiger partial charge in [-0.1, -0.05) is 38.0 Å². The number of amides is 1. The van der Waals surface area contributed by atoms with E-state index >= 15 is 0 Å². The molecule has 1 rings (SSSR count). The lowest BCUT2D eigenvalue weighted by Crippen LogP contribution is -2.21. The summed E-state index contributed by atoms with van der Waals surface area (Å²) >= 11 is 0. The molecule has 1 radical (unpaired) electrons. The van der Waals surface area contributed by atoms with E-state index in [2.05, 4.69) is 6.92 Å². The van der Waals surface area contributed by atoms with Crippen molar-refractivity contribution in [2.45, 2.75) is 26.2 Å². The molecular weight excluding hydrogens is 174 g/mol. The van der Waals surface area contributed by atoms with Crippen LogP contribution in [0.5, 0.6) is 0 Å². The van der Waals surface area contributed by atoms with E-state index in [1.54, 1.807) is 4.90 Å². The number of rotatable bonds is 6. The highest BCUT2D eigenvalue weighted by molar-refractivity contribution is 5.75. The van der Waals surface area contributed by atoms with Crippen molar-refractivity contribution in [1.82, 2.24) is 0 Å². The molecule has 0 N–H and O–H groups in total. The molecule has 75 valence electrons. The van der Waals surface area contributed by atoms with Crippen molar-refractivity contribution in [3.05, 3.63) is 30.3 Å². The minimum absolute atomic E-state index is 0.765. The number of para-hydroxylation sites is 1. The summed E-state index contributed by atoms with van der Waals surface area (Å²) in [6.45, 7) is 2.92. The van der Waals surface area contributed by atoms with Gasteiger partial charge in [-0.3, -0.25) is 4.79 Å². The first kappa shape index (κ1) is 10.8. The van der Waals surface area contributed by atoms with Gasteiger partial charge < -0.3 is 4.90 Å². The third kappa shape index (κ3) is 3.21. The van der Waals surface area contributed by atoms with E-state index in [1.807, 2.05) is 36.7 Å². The van der Waals surface area contributed by atoms with Crippen molar-refractivity contribution >= 4 is 12.1 Å². The van der Waals surface area contributed by atoms with E-state index in [4.69, 9.17) is 0 Å². The van der Waals surface area contributed by atoms with E-state index < -0.39 is 0 Å². The molecule has 0 aliphatic heterocycles. The first-order valence-electron chi connectivity index (χ1n) is 5.09. The van der Waals surface area contributed by atoms with Gasteiger partial charge in [-0.05, 0) is 18.6 Å². The first-order valence-corrected chi connectivity index (χ1v) is 5.09. The fourth-order valence-electron chi connectivity index (χ4n) is 1.36. The van der Waals surface area contributed by atoms with Gasteiger partial charge in [0.2, 0.25) is 0 Å². The Morgan fingerprint density at radius 2 is 1.93 bits per heavy atom. The summed E-state index contributed by atoms with van der Waals surface area (Å²) in [7, 11) is 0. The van der Waals surface area contributed by atoms with Crippen LogP contribution in [0.3, 0.4) is 0 Å². The van der Waals surface area contributed by atoms with Gasteiger partial charge in [-0.25, -0.2) is 0 Å². The highest BCUT2D eigenvalue weighted by Gasteiger charge is 2.03. The SMILES string of the molecule is CCCCCN([C]=O)c1ccccc1. The summed E-state index contributed by atoms with van der Waals surface area (Å²) in [6.07, 6.45) is 5.33. The minimum Gasteiger partial charge on any atom is -0.304 e. The Hall–Kier alpha value is -1.31. The van der Waals surface area contributed by atoms with Crippen LogP contribution < -0.4 is 4.90 Å². The molecule has 14 heavy (non-hydrogen) atoms. The van der Waals surface area contributed by atoms with Gasteiger partial charge in [-0.2, -0.15) is 0 Å². The lowest BCUT2D eigenvalue weighted by atomic mass is 10.2. The molecule has 2 heteroatoms. The summed E-state index contributed by atoms with van der Waals surface area (Å²) in [5.74, 6) is 0. The molecule has 0 saturated heterocycles. The van der Waals surface area contributed by atoms with Crippen LogP contribution in [0, 0.1) is 0 Å². The maximum absolute atomic E-state index is 10.7. The van der Waals surface area contributed by atoms with Gasteiger partial charge in [0.15, 0.2) is 0 Å². The predicted octanol–water partition coefficient (Wildman–Crippen LogP) is 2.75. The Balaban J connectivity index is 2.50. The fraction of sp³-hybridized carbons (Fsp3) is 0.417. The smallest absolute Gasteiger partial charge is 0.304 e. The summed E-state index contributed by atoms with van der Waals surface area (Å²) < 4.78 is 0. The molecule has 0 unspecified atom stereocenters. The molecule has 1 aromatic carbocycles. The van der Waals surface area contributed by atoms with E-state index in [9.17, 15) is 4.79 Å². The standard InChI is InChI=1S/C12H16NO/c1-2-3-7-10-13(11-14)12-8-5-4-6-9-12/h4-6,8-9H,2-3,7,10H2,1H3. The van der Waals surface area contributed by atoms with Gasteiger partial charge in [-0.15, -0.1) is 0 Å². The molecule has 0 heterocycles. The fourth-order valence-corrected chi connectivity index (χ4v) is 1.36. The largest absolute Gasteiger partial charge is 0.316 e. The van der Waals surface area contributed by atoms with Crippen molar-refractivity contribution in [3.8, 4) is 0 Å². The number of hydrogen-bond acceptors (Lipinski definition) is 1. The van der Waals surface area contributed by atoms with Crippen LogP contribution in [0.15, 0.2) is 30.3 Å². The maximum Gasteiger partial charge on any atom is 0.316 e. The molecular formula is C12H16NO. The van der Waals surface area contributed by atoms with Gasteiger partial charge in [0.25, 0.3) is 0 Å². The maximum atomic E-state index is 10.7. The van der Waals surface area contributed by atoms with Crippen LogP contribution in [0.2, 0.25) is 0 Å². The number of anilines is 1. The Morgan fingerprint density at radius 3 is 2.50 bits per heavy atom. The number of benzene rings is 1. The molecule has 1 amide bonds. The van der Waals surface area contributed by atoms with Crippen molar-refractivity contribution in [2.75, 3.05) is 11.4 Å². The quantitative estimate of drug-likeness (QED) is 0.499. The zero-order chi connectivity index (χ0) is 10.2. The highest BCUT2D eigenvalue weighted by atomic mass is 16.1. The van der Waals surface area contributed by atoms with Gasteiger partial charge in [0.1, 0.15) is 0 Å². The molecule has 1 aromatic rings. The number of unbranched alkanes of at least 4 members (excludes halogenated alkanes) is 2. The average molecular weight is 190 g/mol. The molecule has 0 bridgehead atoms. The first-order chi connectivity index (χ1) is 6.88. The summed E-state index contributed by atoms with van der Waals surface area (Å²) in [6, 6.07) is 9.66. The number of carbonyl (C=O) groups excluding carboxylic acids is 1. The monoisotopic (exact) mass is 190 g/mol. The second-order valence-electron chi connectivity index (χ2n) is 3.29. The third-order valence-corrected chi connectivity index (χ3v) is 2.16. The Kier molecular flexibility index (Phi) is 4.76. The van der Waals surface area contributed by atoms with Crippen molar-refractivity contribution in [3.63, 3.8) is 0 Å². The summed E-state index contributed by atoms with van der Waals surface area (Å²) in [5, 5.41) is 0. The molecule has 0 atom stereocenters. The van der Waals surface area contributed by atoms with Gasteiger partial charge in [0, 0.05) is 12.2 Å². The lowest BCUT2D eigenvalue weighted by molar-refractivity contribution is 0.549. The zero-order valence-electron chi connectivity index (χ0n) is 8.57. The molecule has 0 aromatic heterocycles. The van der Waals surface area contributed by atoms with Crippen molar-refractivity contribution in [1.29, 1.82) is 0 Å². The molecule has 0 aliphatic rings. The molecule has 0 spiro atoms. The van der Waals surface area contributed by atoms with Crippen LogP contribution >= 0.6 is 0 Å². The van der Waals surface area contributed by atoms with Gasteiger partial charge in [0.05, 0.1) is 0 Å².